The van der Waals surface area contributed by atoms with Crippen LogP contribution >= 0.6 is 0 Å². The SMILES string of the molecule is COc1ccc(CN2CCN(C(=O)c3cccc(OCc4cn5ccccc5n4)c3)CC2)cc1OC. The molecule has 0 aliphatic carbocycles. The zero-order valence-electron chi connectivity index (χ0n) is 20.6. The van der Waals surface area contributed by atoms with Crippen molar-refractivity contribution in [3.63, 3.8) is 0 Å². The van der Waals surface area contributed by atoms with Crippen LogP contribution in [-0.4, -0.2) is 65.5 Å². The number of hydrogen-bond donors (Lipinski definition) is 0. The van der Waals surface area contributed by atoms with Gasteiger partial charge in [-0.05, 0) is 48.0 Å². The maximum Gasteiger partial charge on any atom is 0.254 e. The summed E-state index contributed by atoms with van der Waals surface area (Å²) in [6.07, 6.45) is 3.91. The van der Waals surface area contributed by atoms with Gasteiger partial charge in [-0.2, -0.15) is 0 Å². The second kappa shape index (κ2) is 10.7. The van der Waals surface area contributed by atoms with Gasteiger partial charge in [0.2, 0.25) is 0 Å². The number of imidazole rings is 1. The third kappa shape index (κ3) is 5.28. The highest BCUT2D eigenvalue weighted by molar-refractivity contribution is 5.94. The van der Waals surface area contributed by atoms with Gasteiger partial charge in [0.1, 0.15) is 18.0 Å². The van der Waals surface area contributed by atoms with Crippen molar-refractivity contribution in [3.8, 4) is 17.2 Å². The number of fused-ring (bicyclic) bond motifs is 1. The fraction of sp³-hybridized carbons (Fsp3) is 0.286. The Kier molecular flexibility index (Phi) is 7.04. The molecule has 1 amide bonds. The Hall–Kier alpha value is -4.04. The quantitative estimate of drug-likeness (QED) is 0.377. The maximum absolute atomic E-state index is 13.2. The number of aromatic nitrogens is 2. The second-order valence-corrected chi connectivity index (χ2v) is 8.77. The van der Waals surface area contributed by atoms with Gasteiger partial charge in [0, 0.05) is 50.7 Å². The van der Waals surface area contributed by atoms with Crippen molar-refractivity contribution in [1.29, 1.82) is 0 Å². The first-order valence-electron chi connectivity index (χ1n) is 12.0. The van der Waals surface area contributed by atoms with Crippen molar-refractivity contribution in [3.05, 3.63) is 89.9 Å². The van der Waals surface area contributed by atoms with Gasteiger partial charge in [0.15, 0.2) is 11.5 Å². The van der Waals surface area contributed by atoms with E-state index in [4.69, 9.17) is 14.2 Å². The van der Waals surface area contributed by atoms with Crippen LogP contribution in [0.4, 0.5) is 0 Å². The van der Waals surface area contributed by atoms with Crippen molar-refractivity contribution >= 4 is 11.6 Å². The average Bonchev–Trinajstić information content (AvgIpc) is 3.35. The summed E-state index contributed by atoms with van der Waals surface area (Å²) in [6.45, 7) is 4.12. The summed E-state index contributed by atoms with van der Waals surface area (Å²) in [5.41, 5.74) is 3.51. The lowest BCUT2D eigenvalue weighted by molar-refractivity contribution is 0.0628. The number of carbonyl (C=O) groups is 1. The van der Waals surface area contributed by atoms with E-state index in [1.807, 2.05) is 76.3 Å². The minimum atomic E-state index is 0.0268. The van der Waals surface area contributed by atoms with Gasteiger partial charge in [-0.3, -0.25) is 9.69 Å². The normalized spacial score (nSPS) is 14.1. The van der Waals surface area contributed by atoms with E-state index < -0.39 is 0 Å². The lowest BCUT2D eigenvalue weighted by Crippen LogP contribution is -2.48. The predicted octanol–water partition coefficient (Wildman–Crippen LogP) is 3.89. The van der Waals surface area contributed by atoms with Gasteiger partial charge in [0.05, 0.1) is 19.9 Å². The van der Waals surface area contributed by atoms with Crippen LogP contribution < -0.4 is 14.2 Å². The molecule has 2 aromatic heterocycles. The minimum absolute atomic E-state index is 0.0268. The van der Waals surface area contributed by atoms with Crippen LogP contribution in [-0.2, 0) is 13.2 Å². The summed E-state index contributed by atoms with van der Waals surface area (Å²) in [5, 5.41) is 0. The molecule has 8 heteroatoms. The Bertz CT molecular complexity index is 1310. The molecule has 0 spiro atoms. The van der Waals surface area contributed by atoms with Crippen LogP contribution in [0.5, 0.6) is 17.2 Å². The molecule has 0 radical (unpaired) electrons. The van der Waals surface area contributed by atoms with Gasteiger partial charge in [-0.25, -0.2) is 4.98 Å². The zero-order chi connectivity index (χ0) is 24.9. The third-order valence-corrected chi connectivity index (χ3v) is 6.40. The molecule has 1 saturated heterocycles. The van der Waals surface area contributed by atoms with Crippen LogP contribution in [0.3, 0.4) is 0 Å². The molecule has 1 aliphatic heterocycles. The average molecular weight is 487 g/mol. The highest BCUT2D eigenvalue weighted by Gasteiger charge is 2.23. The zero-order valence-corrected chi connectivity index (χ0v) is 20.6. The van der Waals surface area contributed by atoms with E-state index in [-0.39, 0.29) is 5.91 Å². The molecule has 1 fully saturated rings. The molecule has 0 saturated carbocycles. The summed E-state index contributed by atoms with van der Waals surface area (Å²) in [7, 11) is 3.28. The second-order valence-electron chi connectivity index (χ2n) is 8.77. The van der Waals surface area contributed by atoms with E-state index in [9.17, 15) is 4.79 Å². The highest BCUT2D eigenvalue weighted by Crippen LogP contribution is 2.28. The van der Waals surface area contributed by atoms with E-state index in [1.54, 1.807) is 14.2 Å². The molecule has 8 nitrogen and oxygen atoms in total. The summed E-state index contributed by atoms with van der Waals surface area (Å²) >= 11 is 0. The van der Waals surface area contributed by atoms with Gasteiger partial charge < -0.3 is 23.5 Å². The molecule has 0 bridgehead atoms. The molecule has 1 aliphatic rings. The first-order valence-corrected chi connectivity index (χ1v) is 12.0. The number of methoxy groups -OCH3 is 2. The summed E-state index contributed by atoms with van der Waals surface area (Å²) in [4.78, 5) is 22.0. The number of rotatable bonds is 8. The molecule has 0 N–H and O–H groups in total. The molecule has 4 aromatic rings. The number of carbonyl (C=O) groups excluding carboxylic acids is 1. The molecule has 0 atom stereocenters. The van der Waals surface area contributed by atoms with Crippen molar-refractivity contribution < 1.29 is 19.0 Å². The molecule has 186 valence electrons. The number of benzene rings is 2. The first-order chi connectivity index (χ1) is 17.6. The molecular formula is C28H30N4O4. The predicted molar refractivity (Wildman–Crippen MR) is 137 cm³/mol. The fourth-order valence-corrected chi connectivity index (χ4v) is 4.46. The molecule has 36 heavy (non-hydrogen) atoms. The molecular weight excluding hydrogens is 456 g/mol. The molecule has 3 heterocycles. The third-order valence-electron chi connectivity index (χ3n) is 6.40. The minimum Gasteiger partial charge on any atom is -0.493 e. The number of hydrogen-bond acceptors (Lipinski definition) is 6. The molecule has 0 unspecified atom stereocenters. The Morgan fingerprint density at radius 2 is 1.75 bits per heavy atom. The number of piperazine rings is 1. The van der Waals surface area contributed by atoms with Crippen molar-refractivity contribution in [2.24, 2.45) is 0 Å². The Morgan fingerprint density at radius 3 is 2.53 bits per heavy atom. The van der Waals surface area contributed by atoms with Crippen LogP contribution in [0.2, 0.25) is 0 Å². The van der Waals surface area contributed by atoms with Gasteiger partial charge >= 0.3 is 0 Å². The van der Waals surface area contributed by atoms with Crippen LogP contribution in [0, 0.1) is 0 Å². The lowest BCUT2D eigenvalue weighted by Gasteiger charge is -2.35. The number of ether oxygens (including phenoxy) is 3. The van der Waals surface area contributed by atoms with E-state index in [1.165, 1.54) is 0 Å². The highest BCUT2D eigenvalue weighted by atomic mass is 16.5. The van der Waals surface area contributed by atoms with E-state index in [2.05, 4.69) is 16.0 Å². The van der Waals surface area contributed by atoms with Gasteiger partial charge in [0.25, 0.3) is 5.91 Å². The summed E-state index contributed by atoms with van der Waals surface area (Å²) in [5.74, 6) is 2.14. The van der Waals surface area contributed by atoms with Crippen LogP contribution in [0.1, 0.15) is 21.6 Å². The topological polar surface area (TPSA) is 68.5 Å². The van der Waals surface area contributed by atoms with Crippen molar-refractivity contribution in [1.82, 2.24) is 19.2 Å². The van der Waals surface area contributed by atoms with Gasteiger partial charge in [-0.15, -0.1) is 0 Å². The summed E-state index contributed by atoms with van der Waals surface area (Å²) < 4.78 is 18.7. The Balaban J connectivity index is 1.15. The first kappa shape index (κ1) is 23.7. The van der Waals surface area contributed by atoms with E-state index in [0.29, 0.717) is 31.0 Å². The fourth-order valence-electron chi connectivity index (χ4n) is 4.46. The largest absolute Gasteiger partial charge is 0.493 e. The van der Waals surface area contributed by atoms with Crippen molar-refractivity contribution in [2.75, 3.05) is 40.4 Å². The maximum atomic E-state index is 13.2. The van der Waals surface area contributed by atoms with Crippen LogP contribution in [0.15, 0.2) is 73.1 Å². The lowest BCUT2D eigenvalue weighted by atomic mass is 10.1. The standard InChI is InChI=1S/C28H30N4O4/c1-34-25-10-9-21(16-26(25)35-2)18-30-12-14-31(15-13-30)28(33)22-6-5-7-24(17-22)36-20-23-19-32-11-4-3-8-27(32)29-23/h3-11,16-17,19H,12-15,18,20H2,1-2H3. The summed E-state index contributed by atoms with van der Waals surface area (Å²) in [6, 6.07) is 19.2. The van der Waals surface area contributed by atoms with E-state index >= 15 is 0 Å². The van der Waals surface area contributed by atoms with E-state index in [0.717, 1.165) is 48.0 Å². The smallest absolute Gasteiger partial charge is 0.254 e. The molecule has 5 rings (SSSR count). The Labute approximate surface area is 210 Å². The van der Waals surface area contributed by atoms with Gasteiger partial charge in [-0.1, -0.05) is 18.2 Å². The van der Waals surface area contributed by atoms with Crippen molar-refractivity contribution in [2.45, 2.75) is 13.2 Å². The Morgan fingerprint density at radius 1 is 0.917 bits per heavy atom. The number of amides is 1. The van der Waals surface area contributed by atoms with Crippen LogP contribution in [0.25, 0.3) is 5.65 Å². The monoisotopic (exact) mass is 486 g/mol. The molecule has 2 aromatic carbocycles. The number of nitrogens with zero attached hydrogens (tertiary/aromatic N) is 4. The number of pyridine rings is 1.